The zero-order chi connectivity index (χ0) is 16.2. The van der Waals surface area contributed by atoms with E-state index in [-0.39, 0.29) is 5.91 Å². The summed E-state index contributed by atoms with van der Waals surface area (Å²) in [4.78, 5) is 23.0. The molecule has 0 saturated carbocycles. The summed E-state index contributed by atoms with van der Waals surface area (Å²) in [5, 5.41) is 3.80. The second kappa shape index (κ2) is 4.97. The van der Waals surface area contributed by atoms with Crippen LogP contribution in [-0.2, 0) is 10.2 Å². The van der Waals surface area contributed by atoms with Crippen molar-refractivity contribution in [2.24, 2.45) is 0 Å². The molecule has 1 amide bonds. The van der Waals surface area contributed by atoms with E-state index in [0.29, 0.717) is 41.2 Å². The molecule has 6 nitrogen and oxygen atoms in total. The number of hydrogen-bond acceptors (Lipinski definition) is 5. The molecule has 118 valence electrons. The summed E-state index contributed by atoms with van der Waals surface area (Å²) in [6, 6.07) is 3.49. The summed E-state index contributed by atoms with van der Waals surface area (Å²) in [5.41, 5.74) is 6.56. The fourth-order valence-electron chi connectivity index (χ4n) is 3.32. The molecule has 4 rings (SSSR count). The molecule has 0 radical (unpaired) electrons. The van der Waals surface area contributed by atoms with Crippen molar-refractivity contribution in [2.75, 3.05) is 29.0 Å². The Labute approximate surface area is 142 Å². The van der Waals surface area contributed by atoms with Gasteiger partial charge in [-0.1, -0.05) is 23.2 Å². The summed E-state index contributed by atoms with van der Waals surface area (Å²) in [7, 11) is 0. The van der Waals surface area contributed by atoms with Crippen LogP contribution in [0.15, 0.2) is 24.5 Å². The molecule has 23 heavy (non-hydrogen) atoms. The molecule has 1 fully saturated rings. The molecule has 3 N–H and O–H groups in total. The number of carbonyl (C=O) groups excluding carboxylic acids is 1. The van der Waals surface area contributed by atoms with E-state index in [2.05, 4.69) is 15.3 Å². The maximum Gasteiger partial charge on any atom is 0.236 e. The van der Waals surface area contributed by atoms with Crippen LogP contribution < -0.4 is 16.0 Å². The van der Waals surface area contributed by atoms with E-state index >= 15 is 0 Å². The first-order valence-corrected chi connectivity index (χ1v) is 7.89. The molecule has 3 heterocycles. The van der Waals surface area contributed by atoms with Crippen LogP contribution in [0, 0.1) is 0 Å². The second-order valence-electron chi connectivity index (χ2n) is 5.82. The number of halogens is 2. The summed E-state index contributed by atoms with van der Waals surface area (Å²) >= 11 is 12.2. The van der Waals surface area contributed by atoms with Crippen LogP contribution in [-0.4, -0.2) is 29.0 Å². The highest BCUT2D eigenvalue weighted by atomic mass is 35.5. The van der Waals surface area contributed by atoms with Gasteiger partial charge in [0.15, 0.2) is 0 Å². The third-order valence-electron chi connectivity index (χ3n) is 4.51. The number of rotatable bonds is 1. The Bertz CT molecular complexity index is 810. The number of hydrogen-bond donors (Lipinski definition) is 2. The molecule has 0 aliphatic carbocycles. The van der Waals surface area contributed by atoms with E-state index in [0.717, 1.165) is 11.3 Å². The van der Waals surface area contributed by atoms with Gasteiger partial charge in [0.25, 0.3) is 0 Å². The molecular weight excluding hydrogens is 337 g/mol. The van der Waals surface area contributed by atoms with Crippen molar-refractivity contribution in [1.29, 1.82) is 0 Å². The van der Waals surface area contributed by atoms with Crippen LogP contribution in [0.2, 0.25) is 10.0 Å². The van der Waals surface area contributed by atoms with E-state index in [4.69, 9.17) is 28.9 Å². The number of carbonyl (C=O) groups is 1. The standard InChI is InChI=1S/C15H13Cl2N5O/c16-9-3-8-11(4-10(9)17)21-14(23)15(8)1-2-22(7-15)13-6-19-12(18)5-20-13/h3-6H,1-2,7H2,(H2,18,19)(H,21,23)/t15-/m1/s1. The summed E-state index contributed by atoms with van der Waals surface area (Å²) < 4.78 is 0. The van der Waals surface area contributed by atoms with Crippen molar-refractivity contribution in [3.05, 3.63) is 40.1 Å². The molecular formula is C15H13Cl2N5O. The molecule has 0 bridgehead atoms. The molecule has 1 aromatic heterocycles. The van der Waals surface area contributed by atoms with Crippen LogP contribution in [0.1, 0.15) is 12.0 Å². The molecule has 8 heteroatoms. The van der Waals surface area contributed by atoms with E-state index in [9.17, 15) is 4.79 Å². The molecule has 1 spiro atoms. The zero-order valence-electron chi connectivity index (χ0n) is 12.0. The number of nitrogens with two attached hydrogens (primary N) is 1. The minimum absolute atomic E-state index is 0.0308. The van der Waals surface area contributed by atoms with Crippen LogP contribution >= 0.6 is 23.2 Å². The third kappa shape index (κ3) is 2.13. The molecule has 0 unspecified atom stereocenters. The van der Waals surface area contributed by atoms with Crippen molar-refractivity contribution in [2.45, 2.75) is 11.8 Å². The van der Waals surface area contributed by atoms with Crippen LogP contribution in [0.4, 0.5) is 17.3 Å². The Morgan fingerprint density at radius 1 is 1.22 bits per heavy atom. The van der Waals surface area contributed by atoms with Gasteiger partial charge >= 0.3 is 0 Å². The number of benzene rings is 1. The fourth-order valence-corrected chi connectivity index (χ4v) is 3.64. The van der Waals surface area contributed by atoms with Crippen LogP contribution in [0.5, 0.6) is 0 Å². The first-order valence-electron chi connectivity index (χ1n) is 7.13. The largest absolute Gasteiger partial charge is 0.382 e. The first kappa shape index (κ1) is 14.5. The van der Waals surface area contributed by atoms with Crippen molar-refractivity contribution in [1.82, 2.24) is 9.97 Å². The highest BCUT2D eigenvalue weighted by Crippen LogP contribution is 2.47. The van der Waals surface area contributed by atoms with Gasteiger partial charge in [-0.2, -0.15) is 0 Å². The number of amides is 1. The summed E-state index contributed by atoms with van der Waals surface area (Å²) in [6.07, 6.45) is 3.81. The van der Waals surface area contributed by atoms with Crippen molar-refractivity contribution in [3.8, 4) is 0 Å². The Hall–Kier alpha value is -2.05. The van der Waals surface area contributed by atoms with Gasteiger partial charge in [-0.15, -0.1) is 0 Å². The lowest BCUT2D eigenvalue weighted by atomic mass is 9.81. The van der Waals surface area contributed by atoms with Crippen molar-refractivity contribution >= 4 is 46.4 Å². The van der Waals surface area contributed by atoms with E-state index in [1.807, 2.05) is 4.90 Å². The van der Waals surface area contributed by atoms with Gasteiger partial charge in [0.2, 0.25) is 5.91 Å². The van der Waals surface area contributed by atoms with E-state index < -0.39 is 5.41 Å². The quantitative estimate of drug-likeness (QED) is 0.825. The highest BCUT2D eigenvalue weighted by molar-refractivity contribution is 6.42. The lowest BCUT2D eigenvalue weighted by Gasteiger charge is -2.23. The number of nitrogens with zero attached hydrogens (tertiary/aromatic N) is 3. The minimum atomic E-state index is -0.632. The molecule has 1 aromatic carbocycles. The number of nitrogen functional groups attached to an aromatic ring is 1. The molecule has 1 atom stereocenters. The predicted octanol–water partition coefficient (Wildman–Crippen LogP) is 2.47. The SMILES string of the molecule is Nc1cnc(N2CC[C@]3(C2)C(=O)Nc2cc(Cl)c(Cl)cc23)cn1. The van der Waals surface area contributed by atoms with Gasteiger partial charge in [-0.05, 0) is 24.1 Å². The van der Waals surface area contributed by atoms with Crippen LogP contribution in [0.3, 0.4) is 0 Å². The Balaban J connectivity index is 1.72. The fraction of sp³-hybridized carbons (Fsp3) is 0.267. The normalized spacial score (nSPS) is 22.5. The molecule has 1 saturated heterocycles. The number of nitrogens with one attached hydrogen (secondary N) is 1. The maximum atomic E-state index is 12.6. The van der Waals surface area contributed by atoms with Crippen LogP contribution in [0.25, 0.3) is 0 Å². The number of anilines is 3. The predicted molar refractivity (Wildman–Crippen MR) is 90.0 cm³/mol. The Kier molecular flexibility index (Phi) is 3.14. The monoisotopic (exact) mass is 349 g/mol. The first-order chi connectivity index (χ1) is 11.0. The summed E-state index contributed by atoms with van der Waals surface area (Å²) in [6.45, 7) is 1.22. The van der Waals surface area contributed by atoms with Gasteiger partial charge in [-0.25, -0.2) is 9.97 Å². The maximum absolute atomic E-state index is 12.6. The Morgan fingerprint density at radius 3 is 2.74 bits per heavy atom. The Morgan fingerprint density at radius 2 is 2.00 bits per heavy atom. The second-order valence-corrected chi connectivity index (χ2v) is 6.63. The summed E-state index contributed by atoms with van der Waals surface area (Å²) in [5.74, 6) is 1.04. The van der Waals surface area contributed by atoms with Gasteiger partial charge < -0.3 is 16.0 Å². The average molecular weight is 350 g/mol. The lowest BCUT2D eigenvalue weighted by Crippen LogP contribution is -2.37. The molecule has 2 aliphatic heterocycles. The molecule has 2 aromatic rings. The minimum Gasteiger partial charge on any atom is -0.382 e. The highest BCUT2D eigenvalue weighted by Gasteiger charge is 2.51. The van der Waals surface area contributed by atoms with E-state index in [1.54, 1.807) is 18.3 Å². The average Bonchev–Trinajstić information content (AvgIpc) is 3.07. The smallest absolute Gasteiger partial charge is 0.236 e. The molecule has 2 aliphatic rings. The topological polar surface area (TPSA) is 84.1 Å². The van der Waals surface area contributed by atoms with Gasteiger partial charge in [0.1, 0.15) is 11.6 Å². The number of aromatic nitrogens is 2. The lowest BCUT2D eigenvalue weighted by molar-refractivity contribution is -0.120. The van der Waals surface area contributed by atoms with Gasteiger partial charge in [0.05, 0.1) is 27.9 Å². The van der Waals surface area contributed by atoms with Gasteiger partial charge in [-0.3, -0.25) is 4.79 Å². The zero-order valence-corrected chi connectivity index (χ0v) is 13.5. The van der Waals surface area contributed by atoms with Crippen molar-refractivity contribution < 1.29 is 4.79 Å². The van der Waals surface area contributed by atoms with Crippen molar-refractivity contribution in [3.63, 3.8) is 0 Å². The number of fused-ring (bicyclic) bond motifs is 2. The third-order valence-corrected chi connectivity index (χ3v) is 5.23. The van der Waals surface area contributed by atoms with Gasteiger partial charge in [0, 0.05) is 18.8 Å². The van der Waals surface area contributed by atoms with E-state index in [1.165, 1.54) is 6.20 Å².